The normalized spacial score (nSPS) is 12.0. The molecule has 0 radical (unpaired) electrons. The van der Waals surface area contributed by atoms with Crippen molar-refractivity contribution in [1.82, 2.24) is 0 Å². The van der Waals surface area contributed by atoms with Crippen molar-refractivity contribution in [3.8, 4) is 45.3 Å². The average molecular weight is 1350 g/mol. The number of fused-ring (bicyclic) bond motifs is 6. The van der Waals surface area contributed by atoms with Crippen molar-refractivity contribution in [1.29, 1.82) is 0 Å². The number of ether oxygens (including phenoxy) is 9. The number of hydrogen-bond donors (Lipinski definition) is 2. The van der Waals surface area contributed by atoms with Gasteiger partial charge in [0.05, 0.1) is 50.4 Å². The number of aliphatic hydroxyl groups excluding tert-OH is 2. The molecule has 0 aromatic heterocycles. The molecule has 0 unspecified atom stereocenters. The Balaban J connectivity index is 0.000000236. The van der Waals surface area contributed by atoms with Crippen LogP contribution in [0.5, 0.6) is 23.0 Å². The molecule has 100 heavy (non-hydrogen) atoms. The molecule has 8 aromatic rings. The summed E-state index contributed by atoms with van der Waals surface area (Å²) in [4.78, 5) is 70.8. The molecule has 0 atom stereocenters. The summed E-state index contributed by atoms with van der Waals surface area (Å²) in [5, 5.41) is 18.2. The van der Waals surface area contributed by atoms with Crippen molar-refractivity contribution in [3.05, 3.63) is 275 Å². The van der Waals surface area contributed by atoms with Crippen LogP contribution in [0, 0.1) is 0 Å². The molecule has 518 valence electrons. The van der Waals surface area contributed by atoms with Gasteiger partial charge in [0.2, 0.25) is 6.08 Å². The largest absolute Gasteiger partial charge is 0.491 e. The van der Waals surface area contributed by atoms with Gasteiger partial charge in [-0.1, -0.05) is 165 Å². The number of rotatable bonds is 33. The summed E-state index contributed by atoms with van der Waals surface area (Å²) >= 11 is 0. The van der Waals surface area contributed by atoms with E-state index in [4.69, 9.17) is 52.8 Å². The first-order valence-electron chi connectivity index (χ1n) is 32.9. The summed E-state index contributed by atoms with van der Waals surface area (Å²) < 4.78 is 48.4. The standard InChI is InChI=1S/C45H46O10.C29H26O4.C8H11NO3/c1-31(2)43(48)54-25-9-15-41(46)52-29-27-50-35-21-17-33(18-22-35)45(39-13-7-5-11-37(39)38-12-6-8-14-40(38)45)34-19-23-36(24-20-34)51-28-30-53-42(47)16-10-26-55-44(49)32(3)4;30-17-19-32-23-13-9-21(10-14-23)29(22-11-15-24(16-12-22)33-20-18-31)27-7-3-1-5-25(27)26-6-2-4-8-28(26)29;1-7(2)8(11)12-5-3-4-9-6-10/h5-8,11-14,17-24H,1,3,9-10,15-16,25-30H2,2,4H3;1-16,30-31H,17-20H2;1,3-5H2,2H3. The molecule has 2 aliphatic rings. The summed E-state index contributed by atoms with van der Waals surface area (Å²) in [6.07, 6.45) is 2.92. The highest BCUT2D eigenvalue weighted by molar-refractivity contribution is 5.89. The maximum atomic E-state index is 12.1. The van der Waals surface area contributed by atoms with E-state index in [2.05, 4.69) is 170 Å². The van der Waals surface area contributed by atoms with E-state index in [1.807, 2.05) is 48.5 Å². The van der Waals surface area contributed by atoms with Gasteiger partial charge in [-0.25, -0.2) is 24.2 Å². The highest BCUT2D eigenvalue weighted by Crippen LogP contribution is 2.58. The van der Waals surface area contributed by atoms with Crippen LogP contribution in [0.3, 0.4) is 0 Å². The van der Waals surface area contributed by atoms with E-state index in [-0.39, 0.29) is 85.5 Å². The number of hydrogen-bond acceptors (Lipinski definition) is 18. The molecule has 0 spiro atoms. The van der Waals surface area contributed by atoms with Crippen molar-refractivity contribution in [2.45, 2.75) is 63.7 Å². The number of carbonyl (C=O) groups excluding carboxylic acids is 6. The van der Waals surface area contributed by atoms with Crippen LogP contribution in [0.15, 0.2) is 236 Å². The lowest BCUT2D eigenvalue weighted by molar-refractivity contribution is -0.146. The Morgan fingerprint density at radius 2 is 0.630 bits per heavy atom. The van der Waals surface area contributed by atoms with Gasteiger partial charge in [0.1, 0.15) is 62.6 Å². The Labute approximate surface area is 583 Å². The predicted octanol–water partition coefficient (Wildman–Crippen LogP) is 13.3. The molecule has 0 fully saturated rings. The molecule has 0 aliphatic heterocycles. The minimum absolute atomic E-state index is 0.0167. The molecular formula is C82H83NO17. The molecule has 18 heteroatoms. The molecule has 18 nitrogen and oxygen atoms in total. The van der Waals surface area contributed by atoms with E-state index >= 15 is 0 Å². The highest BCUT2D eigenvalue weighted by Gasteiger charge is 2.47. The van der Waals surface area contributed by atoms with Gasteiger partial charge in [-0.3, -0.25) is 9.59 Å². The monoisotopic (exact) mass is 1350 g/mol. The summed E-state index contributed by atoms with van der Waals surface area (Å²) in [6, 6.07) is 66.3. The SMILES string of the molecule is C=C(C)C(=O)OCCCC(=O)OCCOc1ccc(C2(c3ccc(OCCOC(=O)CCCOC(=O)C(=C)C)cc3)c3ccccc3-c3ccccc32)cc1.C=C(C)C(=O)OCCCN=C=O.OCCOc1ccc(C2(c3ccc(OCCO)cc3)c3ccccc3-c3ccccc32)cc1. The maximum Gasteiger partial charge on any atom is 0.333 e. The Morgan fingerprint density at radius 3 is 0.900 bits per heavy atom. The molecule has 8 aromatic carbocycles. The third kappa shape index (κ3) is 18.9. The molecule has 0 saturated heterocycles. The van der Waals surface area contributed by atoms with Crippen molar-refractivity contribution < 1.29 is 81.6 Å². The average Bonchev–Trinajstić information content (AvgIpc) is 1.54. The zero-order valence-corrected chi connectivity index (χ0v) is 56.6. The van der Waals surface area contributed by atoms with Crippen molar-refractivity contribution in [2.24, 2.45) is 4.99 Å². The van der Waals surface area contributed by atoms with Crippen LogP contribution >= 0.6 is 0 Å². The smallest absolute Gasteiger partial charge is 0.333 e. The summed E-state index contributed by atoms with van der Waals surface area (Å²) in [5.41, 5.74) is 13.8. The van der Waals surface area contributed by atoms with Crippen LogP contribution in [-0.4, -0.2) is 125 Å². The maximum absolute atomic E-state index is 12.1. The minimum Gasteiger partial charge on any atom is -0.491 e. The van der Waals surface area contributed by atoms with Gasteiger partial charge >= 0.3 is 29.8 Å². The molecule has 0 saturated carbocycles. The minimum atomic E-state index is -0.632. The number of benzene rings is 8. The van der Waals surface area contributed by atoms with Gasteiger partial charge in [0, 0.05) is 36.0 Å². The van der Waals surface area contributed by atoms with Gasteiger partial charge < -0.3 is 52.8 Å². The number of carbonyl (C=O) groups is 5. The van der Waals surface area contributed by atoms with E-state index in [0.29, 0.717) is 54.0 Å². The fourth-order valence-electron chi connectivity index (χ4n) is 11.8. The lowest BCUT2D eigenvalue weighted by Gasteiger charge is -2.34. The Bertz CT molecular complexity index is 3910. The second-order valence-electron chi connectivity index (χ2n) is 23.3. The fraction of sp³-hybridized carbons (Fsp3) is 0.268. The molecule has 0 amide bonds. The summed E-state index contributed by atoms with van der Waals surface area (Å²) in [6.45, 7) is 17.1. The highest BCUT2D eigenvalue weighted by atomic mass is 16.6. The van der Waals surface area contributed by atoms with Gasteiger partial charge in [-0.05, 0) is 149 Å². The van der Waals surface area contributed by atoms with Gasteiger partial charge in [0.25, 0.3) is 0 Å². The fourth-order valence-corrected chi connectivity index (χ4v) is 11.8. The number of isocyanates is 1. The molecule has 2 aliphatic carbocycles. The van der Waals surface area contributed by atoms with Crippen molar-refractivity contribution in [3.63, 3.8) is 0 Å². The van der Waals surface area contributed by atoms with Crippen LogP contribution < -0.4 is 18.9 Å². The topological polar surface area (TPSA) is 238 Å². The lowest BCUT2D eigenvalue weighted by atomic mass is 9.68. The lowest BCUT2D eigenvalue weighted by Crippen LogP contribution is -2.28. The second-order valence-corrected chi connectivity index (χ2v) is 23.3. The van der Waals surface area contributed by atoms with Crippen LogP contribution in [0.1, 0.15) is 97.4 Å². The third-order valence-electron chi connectivity index (χ3n) is 16.3. The van der Waals surface area contributed by atoms with Crippen LogP contribution in [-0.2, 0) is 63.3 Å². The second kappa shape index (κ2) is 37.5. The van der Waals surface area contributed by atoms with Crippen LogP contribution in [0.4, 0.5) is 0 Å². The zero-order valence-electron chi connectivity index (χ0n) is 56.6. The van der Waals surface area contributed by atoms with E-state index in [0.717, 1.165) is 56.0 Å². The number of aliphatic hydroxyl groups is 2. The van der Waals surface area contributed by atoms with Crippen molar-refractivity contribution in [2.75, 3.05) is 79.2 Å². The first-order chi connectivity index (χ1) is 48.6. The molecule has 10 rings (SSSR count). The Kier molecular flexibility index (Phi) is 28.0. The molecule has 0 heterocycles. The van der Waals surface area contributed by atoms with Crippen LogP contribution in [0.25, 0.3) is 22.3 Å². The van der Waals surface area contributed by atoms with Gasteiger partial charge in [-0.2, -0.15) is 0 Å². The summed E-state index contributed by atoms with van der Waals surface area (Å²) in [5.74, 6) is 0.584. The van der Waals surface area contributed by atoms with Crippen LogP contribution in [0.2, 0.25) is 0 Å². The van der Waals surface area contributed by atoms with E-state index in [9.17, 15) is 28.8 Å². The number of aliphatic imine (C=N–C) groups is 1. The van der Waals surface area contributed by atoms with Gasteiger partial charge in [-0.15, -0.1) is 0 Å². The Hall–Kier alpha value is -11.2. The number of esters is 5. The third-order valence-corrected chi connectivity index (χ3v) is 16.3. The molecule has 0 bridgehead atoms. The number of nitrogens with zero attached hydrogens (tertiary/aromatic N) is 1. The Morgan fingerprint density at radius 1 is 0.360 bits per heavy atom. The zero-order chi connectivity index (χ0) is 71.3. The van der Waals surface area contributed by atoms with Gasteiger partial charge in [0.15, 0.2) is 0 Å². The predicted molar refractivity (Wildman–Crippen MR) is 379 cm³/mol. The quantitative estimate of drug-likeness (QED) is 0.00971. The first kappa shape index (κ1) is 74.6. The van der Waals surface area contributed by atoms with E-state index < -0.39 is 40.7 Å². The van der Waals surface area contributed by atoms with E-state index in [1.165, 1.54) is 28.3 Å². The first-order valence-corrected chi connectivity index (χ1v) is 32.9. The van der Waals surface area contributed by atoms with E-state index in [1.54, 1.807) is 20.8 Å². The molecular weight excluding hydrogens is 1270 g/mol. The summed E-state index contributed by atoms with van der Waals surface area (Å²) in [7, 11) is 0. The van der Waals surface area contributed by atoms with Crippen molar-refractivity contribution >= 4 is 35.9 Å². The molecule has 2 N–H and O–H groups in total.